The Bertz CT molecular complexity index is 1270. The SMILES string of the molecule is O=C(/C=C/c1ccc(-c2ccccc2[N+](=O)[O-])o1)c1ccc(-c2ccccc2Cl)o1. The fourth-order valence-corrected chi connectivity index (χ4v) is 3.17. The Morgan fingerprint density at radius 1 is 0.867 bits per heavy atom. The van der Waals surface area contributed by atoms with Crippen molar-refractivity contribution < 1.29 is 18.6 Å². The topological polar surface area (TPSA) is 86.5 Å². The van der Waals surface area contributed by atoms with Gasteiger partial charge in [-0.1, -0.05) is 35.9 Å². The molecule has 0 spiro atoms. The Kier molecular flexibility index (Phi) is 5.32. The normalized spacial score (nSPS) is 11.1. The quantitative estimate of drug-likeness (QED) is 0.151. The summed E-state index contributed by atoms with van der Waals surface area (Å²) in [5, 5.41) is 11.7. The summed E-state index contributed by atoms with van der Waals surface area (Å²) in [6.45, 7) is 0. The maximum atomic E-state index is 12.4. The summed E-state index contributed by atoms with van der Waals surface area (Å²) in [6, 6.07) is 20.0. The molecule has 0 saturated carbocycles. The Morgan fingerprint density at radius 2 is 1.53 bits per heavy atom. The molecule has 0 atom stereocenters. The van der Waals surface area contributed by atoms with Crippen molar-refractivity contribution in [2.45, 2.75) is 0 Å². The molecule has 0 amide bonds. The molecule has 2 aromatic carbocycles. The Labute approximate surface area is 176 Å². The van der Waals surface area contributed by atoms with Crippen molar-refractivity contribution in [3.8, 4) is 22.6 Å². The number of halogens is 1. The third kappa shape index (κ3) is 3.94. The molecule has 4 rings (SSSR count). The van der Waals surface area contributed by atoms with E-state index in [0.29, 0.717) is 33.4 Å². The number of benzene rings is 2. The minimum absolute atomic E-state index is 0.0545. The molecule has 0 bridgehead atoms. The van der Waals surface area contributed by atoms with Gasteiger partial charge in [0.15, 0.2) is 5.76 Å². The molecule has 30 heavy (non-hydrogen) atoms. The highest BCUT2D eigenvalue weighted by atomic mass is 35.5. The summed E-state index contributed by atoms with van der Waals surface area (Å²) in [7, 11) is 0. The van der Waals surface area contributed by atoms with Gasteiger partial charge in [-0.2, -0.15) is 0 Å². The van der Waals surface area contributed by atoms with Gasteiger partial charge in [-0.3, -0.25) is 14.9 Å². The van der Waals surface area contributed by atoms with Crippen molar-refractivity contribution in [1.82, 2.24) is 0 Å². The first-order valence-electron chi connectivity index (χ1n) is 8.94. The van der Waals surface area contributed by atoms with Crippen LogP contribution in [-0.4, -0.2) is 10.7 Å². The second kappa shape index (κ2) is 8.23. The molecule has 7 heteroatoms. The molecule has 0 N–H and O–H groups in total. The van der Waals surface area contributed by atoms with Gasteiger partial charge >= 0.3 is 0 Å². The highest BCUT2D eigenvalue weighted by Gasteiger charge is 2.17. The molecular formula is C23H14ClNO5. The average Bonchev–Trinajstić information content (AvgIpc) is 3.42. The zero-order valence-corrected chi connectivity index (χ0v) is 16.2. The number of furan rings is 2. The molecule has 0 unspecified atom stereocenters. The number of ketones is 1. The van der Waals surface area contributed by atoms with E-state index in [1.807, 2.05) is 12.1 Å². The summed E-state index contributed by atoms with van der Waals surface area (Å²) in [5.74, 6) is 1.03. The van der Waals surface area contributed by atoms with Crippen LogP contribution in [0.15, 0.2) is 87.7 Å². The van der Waals surface area contributed by atoms with Gasteiger partial charge in [0.05, 0.1) is 15.5 Å². The van der Waals surface area contributed by atoms with Gasteiger partial charge in [0.25, 0.3) is 5.69 Å². The molecule has 4 aromatic rings. The van der Waals surface area contributed by atoms with Crippen LogP contribution in [0.5, 0.6) is 0 Å². The number of allylic oxidation sites excluding steroid dienone is 1. The van der Waals surface area contributed by atoms with Crippen LogP contribution < -0.4 is 0 Å². The van der Waals surface area contributed by atoms with E-state index in [4.69, 9.17) is 20.4 Å². The number of carbonyl (C=O) groups is 1. The molecule has 0 fully saturated rings. The largest absolute Gasteiger partial charge is 0.456 e. The third-order valence-corrected chi connectivity index (χ3v) is 4.71. The predicted molar refractivity (Wildman–Crippen MR) is 113 cm³/mol. The van der Waals surface area contributed by atoms with Gasteiger partial charge in [-0.15, -0.1) is 0 Å². The van der Waals surface area contributed by atoms with Gasteiger partial charge in [0.1, 0.15) is 17.3 Å². The average molecular weight is 420 g/mol. The number of nitro groups is 1. The number of hydrogen-bond acceptors (Lipinski definition) is 5. The number of hydrogen-bond donors (Lipinski definition) is 0. The lowest BCUT2D eigenvalue weighted by atomic mass is 10.1. The maximum Gasteiger partial charge on any atom is 0.280 e. The Balaban J connectivity index is 1.53. The standard InChI is InChI=1S/C23H14ClNO5/c24-18-7-3-1-5-16(18)21-13-14-23(30-21)20(26)11-9-15-10-12-22(29-15)17-6-2-4-8-19(17)25(27)28/h1-14H/b11-9+. The smallest absolute Gasteiger partial charge is 0.280 e. The first kappa shape index (κ1) is 19.4. The molecule has 0 aliphatic heterocycles. The lowest BCUT2D eigenvalue weighted by molar-refractivity contribution is -0.384. The highest BCUT2D eigenvalue weighted by Crippen LogP contribution is 2.31. The summed E-state index contributed by atoms with van der Waals surface area (Å²) in [6.07, 6.45) is 2.80. The third-order valence-electron chi connectivity index (χ3n) is 4.38. The van der Waals surface area contributed by atoms with Crippen molar-refractivity contribution in [3.63, 3.8) is 0 Å². The fourth-order valence-electron chi connectivity index (χ4n) is 2.94. The van der Waals surface area contributed by atoms with Crippen LogP contribution in [0.1, 0.15) is 16.3 Å². The molecule has 2 heterocycles. The molecule has 0 aliphatic rings. The van der Waals surface area contributed by atoms with E-state index >= 15 is 0 Å². The minimum Gasteiger partial charge on any atom is -0.456 e. The number of nitro benzene ring substituents is 1. The number of carbonyl (C=O) groups excluding carboxylic acids is 1. The highest BCUT2D eigenvalue weighted by molar-refractivity contribution is 6.33. The van der Waals surface area contributed by atoms with Crippen LogP contribution in [0.4, 0.5) is 5.69 Å². The molecular weight excluding hydrogens is 406 g/mol. The van der Waals surface area contributed by atoms with Gasteiger partial charge in [-0.05, 0) is 54.6 Å². The van der Waals surface area contributed by atoms with E-state index in [0.717, 1.165) is 0 Å². The predicted octanol–water partition coefficient (Wildman–Crippen LogP) is 6.66. The first-order chi connectivity index (χ1) is 14.5. The molecule has 6 nitrogen and oxygen atoms in total. The Morgan fingerprint density at radius 3 is 2.30 bits per heavy atom. The van der Waals surface area contributed by atoms with Gasteiger partial charge in [0, 0.05) is 11.6 Å². The fraction of sp³-hybridized carbons (Fsp3) is 0. The van der Waals surface area contributed by atoms with Crippen molar-refractivity contribution >= 4 is 29.1 Å². The maximum absolute atomic E-state index is 12.4. The van der Waals surface area contributed by atoms with Crippen molar-refractivity contribution in [1.29, 1.82) is 0 Å². The van der Waals surface area contributed by atoms with Crippen molar-refractivity contribution in [3.05, 3.63) is 106 Å². The summed E-state index contributed by atoms with van der Waals surface area (Å²) in [4.78, 5) is 23.1. The molecule has 148 valence electrons. The number of para-hydroxylation sites is 1. The van der Waals surface area contributed by atoms with E-state index in [1.54, 1.807) is 54.6 Å². The van der Waals surface area contributed by atoms with E-state index in [9.17, 15) is 14.9 Å². The second-order valence-electron chi connectivity index (χ2n) is 6.32. The molecule has 2 aromatic heterocycles. The van der Waals surface area contributed by atoms with Crippen molar-refractivity contribution in [2.75, 3.05) is 0 Å². The summed E-state index contributed by atoms with van der Waals surface area (Å²) in [5.41, 5.74) is 1.01. The molecule has 0 aliphatic carbocycles. The molecule has 0 radical (unpaired) electrons. The minimum atomic E-state index is -0.468. The zero-order valence-electron chi connectivity index (χ0n) is 15.4. The van der Waals surface area contributed by atoms with E-state index in [2.05, 4.69) is 0 Å². The lowest BCUT2D eigenvalue weighted by Gasteiger charge is -1.99. The number of rotatable bonds is 6. The van der Waals surface area contributed by atoms with Crippen LogP contribution in [0.25, 0.3) is 28.7 Å². The van der Waals surface area contributed by atoms with Gasteiger partial charge < -0.3 is 8.83 Å². The van der Waals surface area contributed by atoms with Gasteiger partial charge in [0.2, 0.25) is 5.78 Å². The van der Waals surface area contributed by atoms with Gasteiger partial charge in [-0.25, -0.2) is 0 Å². The van der Waals surface area contributed by atoms with Crippen molar-refractivity contribution in [2.24, 2.45) is 0 Å². The van der Waals surface area contributed by atoms with E-state index in [1.165, 1.54) is 18.2 Å². The van der Waals surface area contributed by atoms with Crippen LogP contribution >= 0.6 is 11.6 Å². The second-order valence-corrected chi connectivity index (χ2v) is 6.72. The van der Waals surface area contributed by atoms with Crippen LogP contribution in [0.2, 0.25) is 5.02 Å². The van der Waals surface area contributed by atoms with E-state index in [-0.39, 0.29) is 17.2 Å². The Hall–Kier alpha value is -3.90. The molecule has 0 saturated heterocycles. The summed E-state index contributed by atoms with van der Waals surface area (Å²) >= 11 is 6.16. The monoisotopic (exact) mass is 419 g/mol. The van der Waals surface area contributed by atoms with Crippen LogP contribution in [0, 0.1) is 10.1 Å². The first-order valence-corrected chi connectivity index (χ1v) is 9.31. The van der Waals surface area contributed by atoms with Crippen LogP contribution in [0.3, 0.4) is 0 Å². The zero-order chi connectivity index (χ0) is 21.1. The van der Waals surface area contributed by atoms with E-state index < -0.39 is 4.92 Å². The van der Waals surface area contributed by atoms with Crippen LogP contribution in [-0.2, 0) is 0 Å². The lowest BCUT2D eigenvalue weighted by Crippen LogP contribution is -1.90. The summed E-state index contributed by atoms with van der Waals surface area (Å²) < 4.78 is 11.3. The number of nitrogens with zero attached hydrogens (tertiary/aromatic N) is 1.